The van der Waals surface area contributed by atoms with Gasteiger partial charge in [-0.15, -0.1) is 0 Å². The van der Waals surface area contributed by atoms with Crippen molar-refractivity contribution in [2.75, 3.05) is 5.39 Å². The summed E-state index contributed by atoms with van der Waals surface area (Å²) >= 11 is -0.549. The predicted octanol–water partition coefficient (Wildman–Crippen LogP) is 0.706. The number of non-ortho nitro benzene ring substituents is 1. The molecule has 5 nitrogen and oxygen atoms in total. The van der Waals surface area contributed by atoms with Gasteiger partial charge in [-0.25, -0.2) is 0 Å². The van der Waals surface area contributed by atoms with Gasteiger partial charge >= 0.3 is 93.5 Å². The standard InChI is InChI=1S/C9H12AsNO4/c1-7(12)10-6-15-9-4-2-3-8(5-9)11(13)14/h2-5,7,10,12H,6H2,1H3. The van der Waals surface area contributed by atoms with Gasteiger partial charge in [0.1, 0.15) is 0 Å². The Morgan fingerprint density at radius 1 is 1.67 bits per heavy atom. The number of nitrogens with zero attached hydrogens (tertiary/aromatic N) is 1. The van der Waals surface area contributed by atoms with Gasteiger partial charge in [-0.3, -0.25) is 0 Å². The fourth-order valence-corrected chi connectivity index (χ4v) is 1.96. The molecule has 2 atom stereocenters. The maximum absolute atomic E-state index is 10.5. The quantitative estimate of drug-likeness (QED) is 0.487. The molecule has 0 amide bonds. The first-order valence-corrected chi connectivity index (χ1v) is 7.08. The monoisotopic (exact) mass is 273 g/mol. The Balaban J connectivity index is 2.54. The van der Waals surface area contributed by atoms with E-state index in [1.807, 2.05) is 0 Å². The molecule has 0 radical (unpaired) electrons. The topological polar surface area (TPSA) is 72.6 Å². The van der Waals surface area contributed by atoms with E-state index in [4.69, 9.17) is 9.84 Å². The molecule has 0 saturated heterocycles. The van der Waals surface area contributed by atoms with Crippen LogP contribution in [0.4, 0.5) is 5.69 Å². The van der Waals surface area contributed by atoms with E-state index in [9.17, 15) is 10.1 Å². The number of hydrogen-bond acceptors (Lipinski definition) is 4. The second-order valence-corrected chi connectivity index (χ2v) is 6.14. The van der Waals surface area contributed by atoms with Crippen molar-refractivity contribution in [2.45, 2.75) is 11.8 Å². The van der Waals surface area contributed by atoms with Gasteiger partial charge in [0.05, 0.1) is 0 Å². The van der Waals surface area contributed by atoms with Crippen LogP contribution in [-0.4, -0.2) is 36.1 Å². The normalized spacial score (nSPS) is 12.9. The molecular formula is C9H12AsNO4. The Morgan fingerprint density at radius 3 is 3.00 bits per heavy atom. The van der Waals surface area contributed by atoms with Gasteiger partial charge in [-0.05, 0) is 0 Å². The molecule has 1 rings (SSSR count). The van der Waals surface area contributed by atoms with Crippen LogP contribution in [0, 0.1) is 10.1 Å². The van der Waals surface area contributed by atoms with E-state index in [1.54, 1.807) is 19.1 Å². The second kappa shape index (κ2) is 5.73. The molecule has 1 aromatic rings. The minimum atomic E-state index is -0.549. The molecule has 0 fully saturated rings. The molecule has 0 aromatic heterocycles. The number of ether oxygens (including phenoxy) is 1. The van der Waals surface area contributed by atoms with E-state index in [0.717, 1.165) is 0 Å². The SMILES string of the molecule is CC(O)[AsH]COc1cccc([N+](=O)[O-])c1. The molecule has 0 spiro atoms. The molecule has 0 heterocycles. The number of aliphatic hydroxyl groups excluding tert-OH is 1. The van der Waals surface area contributed by atoms with Gasteiger partial charge in [-0.2, -0.15) is 0 Å². The first kappa shape index (κ1) is 12.0. The van der Waals surface area contributed by atoms with E-state index in [2.05, 4.69) is 0 Å². The summed E-state index contributed by atoms with van der Waals surface area (Å²) in [4.78, 5) is 9.69. The van der Waals surface area contributed by atoms with Crippen LogP contribution in [-0.2, 0) is 0 Å². The summed E-state index contributed by atoms with van der Waals surface area (Å²) in [6, 6.07) is 6.04. The molecule has 15 heavy (non-hydrogen) atoms. The van der Waals surface area contributed by atoms with Crippen LogP contribution in [0.25, 0.3) is 0 Å². The summed E-state index contributed by atoms with van der Waals surface area (Å²) in [5.41, 5.74) is 0.0181. The molecular weight excluding hydrogens is 261 g/mol. The zero-order valence-electron chi connectivity index (χ0n) is 8.21. The van der Waals surface area contributed by atoms with Crippen molar-refractivity contribution in [1.82, 2.24) is 0 Å². The van der Waals surface area contributed by atoms with Crippen molar-refractivity contribution in [1.29, 1.82) is 0 Å². The number of nitro benzene ring substituents is 1. The Kier molecular flexibility index (Phi) is 4.59. The molecule has 82 valence electrons. The van der Waals surface area contributed by atoms with Gasteiger partial charge in [0.25, 0.3) is 0 Å². The maximum atomic E-state index is 10.5. The first-order chi connectivity index (χ1) is 7.09. The van der Waals surface area contributed by atoms with Crippen LogP contribution in [0.5, 0.6) is 5.75 Å². The molecule has 1 aromatic carbocycles. The van der Waals surface area contributed by atoms with E-state index in [1.165, 1.54) is 12.1 Å². The van der Waals surface area contributed by atoms with E-state index < -0.39 is 20.7 Å². The number of aliphatic hydroxyl groups is 1. The fourth-order valence-electron chi connectivity index (χ4n) is 0.932. The van der Waals surface area contributed by atoms with Crippen molar-refractivity contribution in [3.63, 3.8) is 0 Å². The van der Waals surface area contributed by atoms with E-state index >= 15 is 0 Å². The molecule has 0 bridgehead atoms. The first-order valence-electron chi connectivity index (χ1n) is 4.38. The summed E-state index contributed by atoms with van der Waals surface area (Å²) < 4.78 is 5.30. The number of hydrogen-bond donors (Lipinski definition) is 1. The van der Waals surface area contributed by atoms with Crippen LogP contribution in [0.15, 0.2) is 24.3 Å². The summed E-state index contributed by atoms with van der Waals surface area (Å²) in [6.07, 6.45) is 0. The number of nitro groups is 1. The van der Waals surface area contributed by atoms with Crippen molar-refractivity contribution >= 4 is 21.4 Å². The summed E-state index contributed by atoms with van der Waals surface area (Å²) in [7, 11) is 0. The second-order valence-electron chi connectivity index (χ2n) is 2.92. The van der Waals surface area contributed by atoms with Crippen LogP contribution >= 0.6 is 0 Å². The van der Waals surface area contributed by atoms with Gasteiger partial charge in [0, 0.05) is 0 Å². The Bertz CT molecular complexity index is 343. The third-order valence-corrected chi connectivity index (χ3v) is 3.54. The predicted molar refractivity (Wildman–Crippen MR) is 57.4 cm³/mol. The Morgan fingerprint density at radius 2 is 2.40 bits per heavy atom. The minimum absolute atomic E-state index is 0.0181. The molecule has 0 aliphatic heterocycles. The molecule has 0 aliphatic rings. The summed E-state index contributed by atoms with van der Waals surface area (Å²) in [5, 5.41) is 20.0. The Hall–Kier alpha value is -1.06. The third kappa shape index (κ3) is 4.32. The van der Waals surface area contributed by atoms with Crippen molar-refractivity contribution in [3.8, 4) is 5.75 Å². The summed E-state index contributed by atoms with van der Waals surface area (Å²) in [6.45, 7) is 1.72. The van der Waals surface area contributed by atoms with Crippen molar-refractivity contribution in [2.24, 2.45) is 0 Å². The van der Waals surface area contributed by atoms with Crippen LogP contribution < -0.4 is 4.74 Å². The fraction of sp³-hybridized carbons (Fsp3) is 0.333. The third-order valence-electron chi connectivity index (χ3n) is 1.65. The van der Waals surface area contributed by atoms with Gasteiger partial charge in [0.15, 0.2) is 0 Å². The average Bonchev–Trinajstić information content (AvgIpc) is 2.17. The van der Waals surface area contributed by atoms with Crippen LogP contribution in [0.1, 0.15) is 6.92 Å². The molecule has 0 saturated carbocycles. The Labute approximate surface area is 93.9 Å². The van der Waals surface area contributed by atoms with Gasteiger partial charge in [0.2, 0.25) is 0 Å². The van der Waals surface area contributed by atoms with Crippen LogP contribution in [0.2, 0.25) is 0 Å². The molecule has 2 unspecified atom stereocenters. The zero-order chi connectivity index (χ0) is 11.3. The van der Waals surface area contributed by atoms with Gasteiger partial charge < -0.3 is 0 Å². The van der Waals surface area contributed by atoms with Crippen molar-refractivity contribution in [3.05, 3.63) is 34.4 Å². The van der Waals surface area contributed by atoms with E-state index in [-0.39, 0.29) is 10.6 Å². The molecule has 6 heteroatoms. The zero-order valence-corrected chi connectivity index (χ0v) is 10.3. The van der Waals surface area contributed by atoms with E-state index in [0.29, 0.717) is 11.1 Å². The summed E-state index contributed by atoms with van der Waals surface area (Å²) in [5.74, 6) is 0.480. The number of benzene rings is 1. The van der Waals surface area contributed by atoms with Gasteiger partial charge in [-0.1, -0.05) is 0 Å². The molecule has 1 N–H and O–H groups in total. The average molecular weight is 273 g/mol. The number of rotatable bonds is 5. The molecule has 0 aliphatic carbocycles. The van der Waals surface area contributed by atoms with Crippen molar-refractivity contribution < 1.29 is 14.8 Å². The van der Waals surface area contributed by atoms with Crippen LogP contribution in [0.3, 0.4) is 0 Å².